The van der Waals surface area contributed by atoms with E-state index in [1.807, 2.05) is 20.8 Å². The highest BCUT2D eigenvalue weighted by atomic mass is 35.5. The molecule has 0 aliphatic heterocycles. The van der Waals surface area contributed by atoms with Crippen LogP contribution in [-0.4, -0.2) is 37.6 Å². The molecule has 1 aromatic rings. The van der Waals surface area contributed by atoms with Gasteiger partial charge in [0.1, 0.15) is 0 Å². The Morgan fingerprint density at radius 2 is 2.09 bits per heavy atom. The fraction of sp³-hybridized carbons (Fsp3) is 0.389. The van der Waals surface area contributed by atoms with E-state index in [2.05, 4.69) is 6.58 Å². The number of hydrogen-bond donors (Lipinski definition) is 0. The quantitative estimate of drug-likeness (QED) is 0.527. The van der Waals surface area contributed by atoms with Gasteiger partial charge in [-0.25, -0.2) is 0 Å². The molecule has 23 heavy (non-hydrogen) atoms. The van der Waals surface area contributed by atoms with Crippen molar-refractivity contribution in [2.24, 2.45) is 0 Å². The Morgan fingerprint density at radius 3 is 2.61 bits per heavy atom. The van der Waals surface area contributed by atoms with Crippen molar-refractivity contribution in [3.05, 3.63) is 40.9 Å². The molecule has 0 N–H and O–H groups in total. The number of methoxy groups -OCH3 is 1. The molecule has 0 bridgehead atoms. The van der Waals surface area contributed by atoms with E-state index in [4.69, 9.17) is 21.1 Å². The van der Waals surface area contributed by atoms with Crippen LogP contribution in [0.3, 0.4) is 0 Å². The Kier molecular flexibility index (Phi) is 7.69. The largest absolute Gasteiger partial charge is 0.493 e. The zero-order chi connectivity index (χ0) is 17.4. The first-order chi connectivity index (χ1) is 10.9. The van der Waals surface area contributed by atoms with Crippen LogP contribution in [0.2, 0.25) is 5.02 Å². The minimum Gasteiger partial charge on any atom is -0.493 e. The summed E-state index contributed by atoms with van der Waals surface area (Å²) >= 11 is 6.22. The second-order valence-electron chi connectivity index (χ2n) is 5.11. The summed E-state index contributed by atoms with van der Waals surface area (Å²) in [5, 5.41) is 0.451. The fourth-order valence-corrected chi connectivity index (χ4v) is 2.34. The molecule has 0 radical (unpaired) electrons. The molecule has 0 aliphatic carbocycles. The lowest BCUT2D eigenvalue weighted by atomic mass is 10.1. The fourth-order valence-electron chi connectivity index (χ4n) is 2.06. The van der Waals surface area contributed by atoms with Gasteiger partial charge in [-0.3, -0.25) is 4.79 Å². The van der Waals surface area contributed by atoms with Crippen molar-refractivity contribution in [2.75, 3.05) is 26.8 Å². The molecule has 0 spiro atoms. The number of rotatable bonds is 8. The summed E-state index contributed by atoms with van der Waals surface area (Å²) in [6.45, 7) is 11.2. The number of ether oxygens (including phenoxy) is 2. The van der Waals surface area contributed by atoms with E-state index in [9.17, 15) is 4.79 Å². The lowest BCUT2D eigenvalue weighted by Crippen LogP contribution is -2.30. The first-order valence-electron chi connectivity index (χ1n) is 7.54. The lowest BCUT2D eigenvalue weighted by Gasteiger charge is -2.19. The molecule has 0 atom stereocenters. The molecule has 0 saturated heterocycles. The van der Waals surface area contributed by atoms with Crippen LogP contribution in [0.25, 0.3) is 6.08 Å². The van der Waals surface area contributed by atoms with E-state index < -0.39 is 0 Å². The topological polar surface area (TPSA) is 38.8 Å². The maximum absolute atomic E-state index is 12.2. The molecule has 0 saturated carbocycles. The summed E-state index contributed by atoms with van der Waals surface area (Å²) in [7, 11) is 1.55. The number of nitrogens with zero attached hydrogens (tertiary/aromatic N) is 1. The number of carbonyl (C=O) groups is 1. The van der Waals surface area contributed by atoms with Crippen molar-refractivity contribution >= 4 is 23.6 Å². The Balaban J connectivity index is 2.97. The third-order valence-electron chi connectivity index (χ3n) is 3.11. The minimum absolute atomic E-state index is 0.0699. The van der Waals surface area contributed by atoms with Gasteiger partial charge in [0.05, 0.1) is 18.7 Å². The van der Waals surface area contributed by atoms with Crippen molar-refractivity contribution in [2.45, 2.75) is 20.8 Å². The first kappa shape index (κ1) is 19.1. The second kappa shape index (κ2) is 9.26. The van der Waals surface area contributed by atoms with Gasteiger partial charge in [-0.15, -0.1) is 0 Å². The third-order valence-corrected chi connectivity index (χ3v) is 3.39. The van der Waals surface area contributed by atoms with E-state index in [1.165, 1.54) is 6.08 Å². The zero-order valence-corrected chi connectivity index (χ0v) is 14.9. The van der Waals surface area contributed by atoms with Crippen molar-refractivity contribution in [1.82, 2.24) is 4.90 Å². The molecule has 1 amide bonds. The van der Waals surface area contributed by atoms with Gasteiger partial charge in [0.2, 0.25) is 5.91 Å². The van der Waals surface area contributed by atoms with Gasteiger partial charge in [-0.1, -0.05) is 23.8 Å². The predicted octanol–water partition coefficient (Wildman–Crippen LogP) is 4.19. The molecule has 1 aromatic carbocycles. The standard InChI is InChI=1S/C18H24ClNO3/c1-6-20(12-13(3)4)17(21)9-8-14-10-15(19)18(23-7-2)16(11-14)22-5/h8-11H,3,6-7,12H2,1-2,4-5H3/b9-8+. The van der Waals surface area contributed by atoms with Gasteiger partial charge >= 0.3 is 0 Å². The Bertz CT molecular complexity index is 596. The zero-order valence-electron chi connectivity index (χ0n) is 14.2. The van der Waals surface area contributed by atoms with Crippen LogP contribution >= 0.6 is 11.6 Å². The maximum atomic E-state index is 12.2. The highest BCUT2D eigenvalue weighted by Crippen LogP contribution is 2.36. The van der Waals surface area contributed by atoms with Crippen LogP contribution < -0.4 is 9.47 Å². The molecule has 0 aromatic heterocycles. The SMILES string of the molecule is C=C(C)CN(CC)C(=O)/C=C/c1cc(Cl)c(OCC)c(OC)c1. The van der Waals surface area contributed by atoms with E-state index in [0.717, 1.165) is 11.1 Å². The third kappa shape index (κ3) is 5.64. The van der Waals surface area contributed by atoms with Gasteiger partial charge in [-0.2, -0.15) is 0 Å². The number of halogens is 1. The number of amides is 1. The minimum atomic E-state index is -0.0699. The van der Waals surface area contributed by atoms with E-state index in [0.29, 0.717) is 36.2 Å². The van der Waals surface area contributed by atoms with Crippen LogP contribution in [0, 0.1) is 0 Å². The maximum Gasteiger partial charge on any atom is 0.246 e. The van der Waals surface area contributed by atoms with E-state index >= 15 is 0 Å². The predicted molar refractivity (Wildman–Crippen MR) is 95.3 cm³/mol. The number of likely N-dealkylation sites (N-methyl/N-ethyl adjacent to an activating group) is 1. The lowest BCUT2D eigenvalue weighted by molar-refractivity contribution is -0.125. The number of carbonyl (C=O) groups excluding carboxylic acids is 1. The van der Waals surface area contributed by atoms with Gasteiger partial charge in [-0.05, 0) is 44.5 Å². The van der Waals surface area contributed by atoms with Gasteiger partial charge < -0.3 is 14.4 Å². The smallest absolute Gasteiger partial charge is 0.246 e. The summed E-state index contributed by atoms with van der Waals surface area (Å²) in [6.07, 6.45) is 3.24. The summed E-state index contributed by atoms with van der Waals surface area (Å²) < 4.78 is 10.8. The van der Waals surface area contributed by atoms with Crippen molar-refractivity contribution in [3.8, 4) is 11.5 Å². The van der Waals surface area contributed by atoms with E-state index in [-0.39, 0.29) is 5.91 Å². The monoisotopic (exact) mass is 337 g/mol. The van der Waals surface area contributed by atoms with Gasteiger partial charge in [0.25, 0.3) is 0 Å². The van der Waals surface area contributed by atoms with Crippen LogP contribution in [0.4, 0.5) is 0 Å². The molecule has 1 rings (SSSR count). The molecule has 126 valence electrons. The molecular weight excluding hydrogens is 314 g/mol. The van der Waals surface area contributed by atoms with Crippen molar-refractivity contribution in [1.29, 1.82) is 0 Å². The number of benzene rings is 1. The summed E-state index contributed by atoms with van der Waals surface area (Å²) in [6, 6.07) is 3.53. The molecular formula is C18H24ClNO3. The van der Waals surface area contributed by atoms with Crippen molar-refractivity contribution < 1.29 is 14.3 Å². The summed E-state index contributed by atoms with van der Waals surface area (Å²) in [5.74, 6) is 0.984. The van der Waals surface area contributed by atoms with Gasteiger partial charge in [0.15, 0.2) is 11.5 Å². The van der Waals surface area contributed by atoms with Crippen LogP contribution in [0.15, 0.2) is 30.4 Å². The Labute approximate surface area is 143 Å². The molecule has 4 nitrogen and oxygen atoms in total. The number of hydrogen-bond acceptors (Lipinski definition) is 3. The summed E-state index contributed by atoms with van der Waals surface area (Å²) in [4.78, 5) is 13.9. The van der Waals surface area contributed by atoms with Gasteiger partial charge in [0, 0.05) is 19.2 Å². The highest BCUT2D eigenvalue weighted by Gasteiger charge is 2.12. The molecule has 0 fully saturated rings. The highest BCUT2D eigenvalue weighted by molar-refractivity contribution is 6.32. The first-order valence-corrected chi connectivity index (χ1v) is 7.92. The van der Waals surface area contributed by atoms with Crippen LogP contribution in [0.1, 0.15) is 26.3 Å². The molecule has 0 aliphatic rings. The molecule has 0 unspecified atom stereocenters. The average molecular weight is 338 g/mol. The van der Waals surface area contributed by atoms with Crippen LogP contribution in [0.5, 0.6) is 11.5 Å². The molecule has 0 heterocycles. The molecule has 5 heteroatoms. The normalized spacial score (nSPS) is 10.7. The van der Waals surface area contributed by atoms with Crippen LogP contribution in [-0.2, 0) is 4.79 Å². The van der Waals surface area contributed by atoms with E-state index in [1.54, 1.807) is 30.2 Å². The Hall–Kier alpha value is -1.94. The Morgan fingerprint density at radius 1 is 1.39 bits per heavy atom. The summed E-state index contributed by atoms with van der Waals surface area (Å²) in [5.41, 5.74) is 1.72. The van der Waals surface area contributed by atoms with Crippen molar-refractivity contribution in [3.63, 3.8) is 0 Å². The second-order valence-corrected chi connectivity index (χ2v) is 5.52. The average Bonchev–Trinajstić information content (AvgIpc) is 2.52.